The summed E-state index contributed by atoms with van der Waals surface area (Å²) in [6.07, 6.45) is 2.96. The summed E-state index contributed by atoms with van der Waals surface area (Å²) in [6.45, 7) is 9.23. The van der Waals surface area contributed by atoms with Gasteiger partial charge < -0.3 is 10.1 Å². The van der Waals surface area contributed by atoms with E-state index >= 15 is 0 Å². The zero-order valence-corrected chi connectivity index (χ0v) is 19.4. The lowest BCUT2D eigenvalue weighted by Gasteiger charge is -2.33. The normalized spacial score (nSPS) is 15.6. The Morgan fingerprint density at radius 3 is 2.83 bits per heavy atom. The molecular weight excluding hydrogens is 414 g/mol. The van der Waals surface area contributed by atoms with Crippen LogP contribution in [0.4, 0.5) is 5.00 Å². The van der Waals surface area contributed by atoms with Crippen molar-refractivity contribution in [1.29, 1.82) is 5.26 Å². The van der Waals surface area contributed by atoms with Gasteiger partial charge in [0.2, 0.25) is 0 Å². The number of nitriles is 1. The predicted molar refractivity (Wildman–Crippen MR) is 125 cm³/mol. The molecule has 0 aliphatic heterocycles. The molecule has 0 bridgehead atoms. The minimum Gasteiger partial charge on any atom is -0.494 e. The third-order valence-corrected chi connectivity index (χ3v) is 6.84. The Morgan fingerprint density at radius 2 is 2.17 bits per heavy atom. The molecule has 1 aliphatic carbocycles. The highest BCUT2D eigenvalue weighted by molar-refractivity contribution is 7.80. The zero-order valence-electron chi connectivity index (χ0n) is 17.8. The molecule has 0 saturated heterocycles. The van der Waals surface area contributed by atoms with Gasteiger partial charge in [-0.25, -0.2) is 0 Å². The van der Waals surface area contributed by atoms with Gasteiger partial charge in [-0.3, -0.25) is 10.1 Å². The van der Waals surface area contributed by atoms with E-state index in [-0.39, 0.29) is 16.4 Å². The minimum absolute atomic E-state index is 0.185. The third-order valence-electron chi connectivity index (χ3n) is 5.46. The molecule has 2 aromatic rings. The summed E-state index contributed by atoms with van der Waals surface area (Å²) in [6, 6.07) is 9.28. The third kappa shape index (κ3) is 5.00. The SMILES string of the molecule is CCOc1cccc(C(=O)NC(=S)Nc2sc3c(c2C#N)CC[C@H](C(C)(C)C)C3)c1. The van der Waals surface area contributed by atoms with Crippen LogP contribution in [0.25, 0.3) is 0 Å². The second-order valence-electron chi connectivity index (χ2n) is 8.49. The predicted octanol–water partition coefficient (Wildman–Crippen LogP) is 5.30. The van der Waals surface area contributed by atoms with Gasteiger partial charge in [-0.1, -0.05) is 26.8 Å². The van der Waals surface area contributed by atoms with Gasteiger partial charge >= 0.3 is 0 Å². The summed E-state index contributed by atoms with van der Waals surface area (Å²) in [4.78, 5) is 13.8. The number of rotatable bonds is 4. The van der Waals surface area contributed by atoms with E-state index in [0.717, 1.165) is 24.8 Å². The van der Waals surface area contributed by atoms with E-state index in [4.69, 9.17) is 17.0 Å². The van der Waals surface area contributed by atoms with Crippen molar-refractivity contribution in [2.45, 2.75) is 47.0 Å². The number of benzene rings is 1. The summed E-state index contributed by atoms with van der Waals surface area (Å²) in [5.74, 6) is 0.907. The number of hydrogen-bond acceptors (Lipinski definition) is 5. The number of carbonyl (C=O) groups is 1. The molecule has 0 saturated carbocycles. The standard InChI is InChI=1S/C23H27N3O2S2/c1-5-28-16-8-6-7-14(11-16)20(27)25-22(29)26-21-18(13-24)17-10-9-15(23(2,3)4)12-19(17)30-21/h6-8,11,15H,5,9-10,12H2,1-4H3,(H2,25,26,27,29)/t15-/m0/s1. The van der Waals surface area contributed by atoms with Crippen molar-refractivity contribution in [3.05, 3.63) is 45.8 Å². The Morgan fingerprint density at radius 1 is 1.40 bits per heavy atom. The first-order valence-electron chi connectivity index (χ1n) is 10.1. The van der Waals surface area contributed by atoms with E-state index in [1.54, 1.807) is 35.6 Å². The lowest BCUT2D eigenvalue weighted by atomic mass is 9.72. The lowest BCUT2D eigenvalue weighted by molar-refractivity contribution is 0.0977. The van der Waals surface area contributed by atoms with Crippen LogP contribution in [-0.4, -0.2) is 17.6 Å². The van der Waals surface area contributed by atoms with Crippen LogP contribution in [0.2, 0.25) is 0 Å². The van der Waals surface area contributed by atoms with E-state index < -0.39 is 0 Å². The summed E-state index contributed by atoms with van der Waals surface area (Å²) < 4.78 is 5.44. The molecule has 0 spiro atoms. The van der Waals surface area contributed by atoms with Crippen LogP contribution < -0.4 is 15.4 Å². The molecule has 1 aromatic carbocycles. The van der Waals surface area contributed by atoms with Crippen molar-refractivity contribution in [3.63, 3.8) is 0 Å². The monoisotopic (exact) mass is 441 g/mol. The topological polar surface area (TPSA) is 74.2 Å². The van der Waals surface area contributed by atoms with Crippen LogP contribution >= 0.6 is 23.6 Å². The molecule has 0 unspecified atom stereocenters. The van der Waals surface area contributed by atoms with Crippen molar-refractivity contribution in [1.82, 2.24) is 5.32 Å². The Hall–Kier alpha value is -2.43. The lowest BCUT2D eigenvalue weighted by Crippen LogP contribution is -2.34. The zero-order chi connectivity index (χ0) is 21.9. The average molecular weight is 442 g/mol. The van der Waals surface area contributed by atoms with E-state index in [1.807, 2.05) is 6.92 Å². The highest BCUT2D eigenvalue weighted by Gasteiger charge is 2.32. The fraction of sp³-hybridized carbons (Fsp3) is 0.435. The van der Waals surface area contributed by atoms with Crippen molar-refractivity contribution < 1.29 is 9.53 Å². The molecule has 2 N–H and O–H groups in total. The number of nitrogens with zero attached hydrogens (tertiary/aromatic N) is 1. The number of thiophene rings is 1. The molecule has 1 amide bonds. The summed E-state index contributed by atoms with van der Waals surface area (Å²) in [5, 5.41) is 16.4. The fourth-order valence-corrected chi connectivity index (χ4v) is 5.28. The fourth-order valence-electron chi connectivity index (χ4n) is 3.73. The van der Waals surface area contributed by atoms with Crippen molar-refractivity contribution in [2.75, 3.05) is 11.9 Å². The molecular formula is C23H27N3O2S2. The second kappa shape index (κ2) is 9.15. The molecule has 158 valence electrons. The number of nitrogens with one attached hydrogen (secondary N) is 2. The number of anilines is 1. The molecule has 1 aliphatic rings. The van der Waals surface area contributed by atoms with Crippen LogP contribution in [0.3, 0.4) is 0 Å². The average Bonchev–Trinajstić information content (AvgIpc) is 3.03. The van der Waals surface area contributed by atoms with Crippen LogP contribution in [0.1, 0.15) is 60.5 Å². The largest absolute Gasteiger partial charge is 0.494 e. The molecule has 3 rings (SSSR count). The number of fused-ring (bicyclic) bond motifs is 1. The molecule has 7 heteroatoms. The number of amides is 1. The molecule has 0 radical (unpaired) electrons. The van der Waals surface area contributed by atoms with Crippen LogP contribution in [0.5, 0.6) is 5.75 Å². The van der Waals surface area contributed by atoms with E-state index in [0.29, 0.717) is 34.4 Å². The Balaban J connectivity index is 1.72. The van der Waals surface area contributed by atoms with Gasteiger partial charge in [0.25, 0.3) is 5.91 Å². The van der Waals surface area contributed by atoms with Gasteiger partial charge in [0.15, 0.2) is 5.11 Å². The highest BCUT2D eigenvalue weighted by atomic mass is 32.1. The number of carbonyl (C=O) groups excluding carboxylic acids is 1. The van der Waals surface area contributed by atoms with Crippen molar-refractivity contribution in [3.8, 4) is 11.8 Å². The van der Waals surface area contributed by atoms with Gasteiger partial charge in [-0.2, -0.15) is 5.26 Å². The minimum atomic E-state index is -0.318. The van der Waals surface area contributed by atoms with E-state index in [2.05, 4.69) is 37.5 Å². The molecule has 0 fully saturated rings. The van der Waals surface area contributed by atoms with Gasteiger partial charge in [0.05, 0.1) is 12.2 Å². The Bertz CT molecular complexity index is 999. The molecule has 1 aromatic heterocycles. The molecule has 5 nitrogen and oxygen atoms in total. The Labute approximate surface area is 187 Å². The van der Waals surface area contributed by atoms with Crippen LogP contribution in [0, 0.1) is 22.7 Å². The maximum absolute atomic E-state index is 12.5. The maximum Gasteiger partial charge on any atom is 0.257 e. The summed E-state index contributed by atoms with van der Waals surface area (Å²) in [7, 11) is 0. The van der Waals surface area contributed by atoms with Gasteiger partial charge in [-0.15, -0.1) is 11.3 Å². The highest BCUT2D eigenvalue weighted by Crippen LogP contribution is 2.43. The quantitative estimate of drug-likeness (QED) is 0.630. The van der Waals surface area contributed by atoms with E-state index in [9.17, 15) is 10.1 Å². The summed E-state index contributed by atoms with van der Waals surface area (Å²) in [5.41, 5.74) is 2.48. The second-order valence-corrected chi connectivity index (χ2v) is 10.0. The first-order valence-corrected chi connectivity index (χ1v) is 11.3. The van der Waals surface area contributed by atoms with Crippen molar-refractivity contribution >= 4 is 39.6 Å². The first kappa shape index (κ1) is 22.3. The summed E-state index contributed by atoms with van der Waals surface area (Å²) >= 11 is 6.92. The number of ether oxygens (including phenoxy) is 1. The van der Waals surface area contributed by atoms with Crippen LogP contribution in [0.15, 0.2) is 24.3 Å². The maximum atomic E-state index is 12.5. The van der Waals surface area contributed by atoms with E-state index in [1.165, 1.54) is 4.88 Å². The van der Waals surface area contributed by atoms with Crippen LogP contribution in [-0.2, 0) is 12.8 Å². The van der Waals surface area contributed by atoms with Gasteiger partial charge in [0.1, 0.15) is 16.8 Å². The Kier molecular flexibility index (Phi) is 6.79. The molecule has 1 atom stereocenters. The van der Waals surface area contributed by atoms with Gasteiger partial charge in [-0.05, 0) is 73.5 Å². The smallest absolute Gasteiger partial charge is 0.257 e. The molecule has 1 heterocycles. The van der Waals surface area contributed by atoms with Gasteiger partial charge in [0, 0.05) is 10.4 Å². The van der Waals surface area contributed by atoms with Crippen molar-refractivity contribution in [2.24, 2.45) is 11.3 Å². The molecule has 30 heavy (non-hydrogen) atoms. The number of hydrogen-bond donors (Lipinski definition) is 2. The number of thiocarbonyl (C=S) groups is 1. The first-order chi connectivity index (χ1) is 14.2.